The topological polar surface area (TPSA) is 124 Å². The maximum absolute atomic E-state index is 12.6. The fourth-order valence-electron chi connectivity index (χ4n) is 2.82. The van der Waals surface area contributed by atoms with Crippen molar-refractivity contribution in [3.8, 4) is 0 Å². The summed E-state index contributed by atoms with van der Waals surface area (Å²) in [7, 11) is 0. The van der Waals surface area contributed by atoms with Crippen LogP contribution in [-0.2, 0) is 9.47 Å². The highest BCUT2D eigenvalue weighted by atomic mass is 79.9. The van der Waals surface area contributed by atoms with Gasteiger partial charge in [-0.3, -0.25) is 4.79 Å². The van der Waals surface area contributed by atoms with Gasteiger partial charge in [-0.1, -0.05) is 0 Å². The molecule has 0 radical (unpaired) electrons. The Morgan fingerprint density at radius 2 is 2.21 bits per heavy atom. The quantitative estimate of drug-likeness (QED) is 0.718. The molecule has 3 heterocycles. The van der Waals surface area contributed by atoms with Gasteiger partial charge in [-0.15, -0.1) is 0 Å². The number of morpholine rings is 1. The minimum Gasteiger partial charge on any atom is -0.444 e. The van der Waals surface area contributed by atoms with Crippen molar-refractivity contribution in [3.05, 3.63) is 22.6 Å². The van der Waals surface area contributed by atoms with Crippen molar-refractivity contribution >= 4 is 39.3 Å². The first-order valence-corrected chi connectivity index (χ1v) is 9.60. The van der Waals surface area contributed by atoms with Crippen LogP contribution in [0.5, 0.6) is 0 Å². The van der Waals surface area contributed by atoms with Gasteiger partial charge in [0.2, 0.25) is 0 Å². The van der Waals surface area contributed by atoms with Gasteiger partial charge >= 0.3 is 6.09 Å². The molecule has 11 heteroatoms. The highest BCUT2D eigenvalue weighted by molar-refractivity contribution is 9.10. The lowest BCUT2D eigenvalue weighted by Gasteiger charge is -2.34. The lowest BCUT2D eigenvalue weighted by Crippen LogP contribution is -2.50. The van der Waals surface area contributed by atoms with E-state index in [1.165, 1.54) is 10.8 Å². The first-order valence-electron chi connectivity index (χ1n) is 8.81. The summed E-state index contributed by atoms with van der Waals surface area (Å²) in [5.41, 5.74) is 6.12. The van der Waals surface area contributed by atoms with E-state index in [9.17, 15) is 9.59 Å². The Kier molecular flexibility index (Phi) is 5.75. The molecular formula is C17H23BrN6O4. The van der Waals surface area contributed by atoms with Gasteiger partial charge in [0.1, 0.15) is 23.1 Å². The van der Waals surface area contributed by atoms with Crippen LogP contribution >= 0.6 is 15.9 Å². The molecule has 2 aromatic heterocycles. The zero-order chi connectivity index (χ0) is 20.5. The maximum Gasteiger partial charge on any atom is 0.410 e. The molecule has 0 aliphatic carbocycles. The fraction of sp³-hybridized carbons (Fsp3) is 0.529. The number of rotatable bonds is 3. The summed E-state index contributed by atoms with van der Waals surface area (Å²) >= 11 is 3.37. The predicted octanol–water partition coefficient (Wildman–Crippen LogP) is 1.44. The number of nitrogens with two attached hydrogens (primary N) is 1. The SMILES string of the molecule is CC(C)(C)OC(=O)N1CCOC(CNC(=O)c2cc(Br)c3c(N)ncnn23)C1. The van der Waals surface area contributed by atoms with E-state index in [0.717, 1.165) is 0 Å². The molecule has 3 N–H and O–H groups in total. The van der Waals surface area contributed by atoms with Gasteiger partial charge in [0, 0.05) is 17.6 Å². The summed E-state index contributed by atoms with van der Waals surface area (Å²) < 4.78 is 13.1. The summed E-state index contributed by atoms with van der Waals surface area (Å²) in [6.45, 7) is 6.86. The third-order valence-corrected chi connectivity index (χ3v) is 4.65. The number of carbonyl (C=O) groups is 2. The number of amides is 2. The molecule has 0 bridgehead atoms. The van der Waals surface area contributed by atoms with Crippen molar-refractivity contribution in [2.75, 3.05) is 32.0 Å². The van der Waals surface area contributed by atoms with Crippen molar-refractivity contribution in [1.82, 2.24) is 24.8 Å². The van der Waals surface area contributed by atoms with Gasteiger partial charge in [0.15, 0.2) is 5.82 Å². The van der Waals surface area contributed by atoms with Crippen LogP contribution in [0.15, 0.2) is 16.9 Å². The summed E-state index contributed by atoms with van der Waals surface area (Å²) in [5, 5.41) is 6.90. The van der Waals surface area contributed by atoms with Crippen molar-refractivity contribution < 1.29 is 19.1 Å². The van der Waals surface area contributed by atoms with Gasteiger partial charge in [-0.05, 0) is 42.8 Å². The Balaban J connectivity index is 1.62. The standard InChI is InChI=1S/C17H23BrN6O4/c1-17(2,3)28-16(26)23-4-5-27-10(8-23)7-20-15(25)12-6-11(18)13-14(19)21-9-22-24(12)13/h6,9-10H,4-5,7-8H2,1-3H3,(H,20,25)(H2,19,21,22). The van der Waals surface area contributed by atoms with E-state index in [-0.39, 0.29) is 30.5 Å². The number of nitrogens with one attached hydrogen (secondary N) is 1. The monoisotopic (exact) mass is 454 g/mol. The third-order valence-electron chi connectivity index (χ3n) is 4.05. The number of nitrogen functional groups attached to an aromatic ring is 1. The van der Waals surface area contributed by atoms with Gasteiger partial charge < -0.3 is 25.4 Å². The zero-order valence-electron chi connectivity index (χ0n) is 15.9. The molecular weight excluding hydrogens is 432 g/mol. The van der Waals surface area contributed by atoms with Crippen LogP contribution in [0.3, 0.4) is 0 Å². The Morgan fingerprint density at radius 1 is 1.46 bits per heavy atom. The summed E-state index contributed by atoms with van der Waals surface area (Å²) in [5.74, 6) is -0.0682. The average Bonchev–Trinajstić information content (AvgIpc) is 2.97. The Bertz CT molecular complexity index is 894. The predicted molar refractivity (Wildman–Crippen MR) is 105 cm³/mol. The Hall–Kier alpha value is -2.40. The molecule has 2 aromatic rings. The second-order valence-electron chi connectivity index (χ2n) is 7.41. The van der Waals surface area contributed by atoms with E-state index in [2.05, 4.69) is 31.3 Å². The van der Waals surface area contributed by atoms with Crippen LogP contribution in [0.25, 0.3) is 5.52 Å². The lowest BCUT2D eigenvalue weighted by molar-refractivity contribution is -0.0404. The minimum atomic E-state index is -0.563. The number of hydrogen-bond acceptors (Lipinski definition) is 7. The molecule has 1 fully saturated rings. The van der Waals surface area contributed by atoms with E-state index in [1.54, 1.807) is 11.0 Å². The molecule has 0 aromatic carbocycles. The van der Waals surface area contributed by atoms with E-state index in [1.807, 2.05) is 20.8 Å². The smallest absolute Gasteiger partial charge is 0.410 e. The molecule has 0 spiro atoms. The lowest BCUT2D eigenvalue weighted by atomic mass is 10.2. The van der Waals surface area contributed by atoms with Crippen LogP contribution in [0.1, 0.15) is 31.3 Å². The average molecular weight is 455 g/mol. The number of anilines is 1. The number of carbonyl (C=O) groups excluding carboxylic acids is 2. The van der Waals surface area contributed by atoms with Crippen molar-refractivity contribution in [3.63, 3.8) is 0 Å². The fourth-order valence-corrected chi connectivity index (χ4v) is 3.40. The molecule has 28 heavy (non-hydrogen) atoms. The molecule has 1 aliphatic heterocycles. The molecule has 2 amide bonds. The van der Waals surface area contributed by atoms with Crippen LogP contribution in [0.2, 0.25) is 0 Å². The van der Waals surface area contributed by atoms with Crippen LogP contribution in [0, 0.1) is 0 Å². The first kappa shape index (κ1) is 20.3. The molecule has 1 saturated heterocycles. The highest BCUT2D eigenvalue weighted by Gasteiger charge is 2.28. The molecule has 1 aliphatic rings. The van der Waals surface area contributed by atoms with E-state index < -0.39 is 5.60 Å². The van der Waals surface area contributed by atoms with Crippen molar-refractivity contribution in [2.24, 2.45) is 0 Å². The highest BCUT2D eigenvalue weighted by Crippen LogP contribution is 2.25. The normalized spacial score (nSPS) is 17.6. The molecule has 1 unspecified atom stereocenters. The Morgan fingerprint density at radius 3 is 2.93 bits per heavy atom. The second-order valence-corrected chi connectivity index (χ2v) is 8.27. The van der Waals surface area contributed by atoms with E-state index in [4.69, 9.17) is 15.2 Å². The number of hydrogen-bond donors (Lipinski definition) is 2. The van der Waals surface area contributed by atoms with Gasteiger partial charge in [0.25, 0.3) is 5.91 Å². The summed E-state index contributed by atoms with van der Waals surface area (Å²) in [4.78, 5) is 30.4. The summed E-state index contributed by atoms with van der Waals surface area (Å²) in [6, 6.07) is 1.63. The largest absolute Gasteiger partial charge is 0.444 e. The molecule has 0 saturated carbocycles. The second kappa shape index (κ2) is 7.92. The molecule has 10 nitrogen and oxygen atoms in total. The van der Waals surface area contributed by atoms with Crippen LogP contribution in [-0.4, -0.2) is 69.4 Å². The number of aromatic nitrogens is 3. The maximum atomic E-state index is 12.6. The molecule has 152 valence electrons. The molecule has 3 rings (SSSR count). The van der Waals surface area contributed by atoms with Crippen molar-refractivity contribution in [1.29, 1.82) is 0 Å². The third kappa shape index (κ3) is 4.53. The van der Waals surface area contributed by atoms with Gasteiger partial charge in [0.05, 0.1) is 19.3 Å². The van der Waals surface area contributed by atoms with Crippen LogP contribution in [0.4, 0.5) is 10.6 Å². The summed E-state index contributed by atoms with van der Waals surface area (Å²) in [6.07, 6.45) is 0.564. The van der Waals surface area contributed by atoms with Gasteiger partial charge in [-0.25, -0.2) is 14.3 Å². The van der Waals surface area contributed by atoms with Crippen LogP contribution < -0.4 is 11.1 Å². The number of ether oxygens (including phenoxy) is 2. The number of halogens is 1. The Labute approximate surface area is 170 Å². The van der Waals surface area contributed by atoms with Crippen molar-refractivity contribution in [2.45, 2.75) is 32.5 Å². The number of nitrogens with zero attached hydrogens (tertiary/aromatic N) is 4. The minimum absolute atomic E-state index is 0.240. The van der Waals surface area contributed by atoms with Gasteiger partial charge in [-0.2, -0.15) is 5.10 Å². The van der Waals surface area contributed by atoms with E-state index in [0.29, 0.717) is 35.4 Å². The van der Waals surface area contributed by atoms with E-state index >= 15 is 0 Å². The number of fused-ring (bicyclic) bond motifs is 1. The first-order chi connectivity index (χ1) is 13.2. The molecule has 1 atom stereocenters. The zero-order valence-corrected chi connectivity index (χ0v) is 17.5.